The molecule has 0 spiro atoms. The van der Waals surface area contributed by atoms with Gasteiger partial charge in [0, 0.05) is 18.1 Å². The minimum atomic E-state index is -4.81. The number of carbonyl (C=O) groups excluding carboxylic acids is 1. The lowest BCUT2D eigenvalue weighted by atomic mass is 10.0. The number of amides is 1. The lowest BCUT2D eigenvalue weighted by Crippen LogP contribution is -2.61. The molecule has 0 radical (unpaired) electrons. The maximum atomic E-state index is 12.7. The van der Waals surface area contributed by atoms with Crippen LogP contribution in [0, 0.1) is 0 Å². The van der Waals surface area contributed by atoms with Crippen LogP contribution in [0.1, 0.15) is 12.5 Å². The molecule has 2 aromatic rings. The molecule has 21 heavy (non-hydrogen) atoms. The number of nitrogens with two attached hydrogens (primary N) is 1. The first-order valence-electron chi connectivity index (χ1n) is 6.20. The summed E-state index contributed by atoms with van der Waals surface area (Å²) in [5, 5.41) is 3.06. The minimum Gasteiger partial charge on any atom is -0.350 e. The quantitative estimate of drug-likeness (QED) is 0.912. The van der Waals surface area contributed by atoms with E-state index < -0.39 is 17.6 Å². The number of fused-ring (bicyclic) bond motifs is 1. The number of aromatic nitrogens is 1. The summed E-state index contributed by atoms with van der Waals surface area (Å²) in [7, 11) is 0. The average molecular weight is 297 g/mol. The zero-order valence-corrected chi connectivity index (χ0v) is 11.2. The van der Waals surface area contributed by atoms with Gasteiger partial charge in [0.25, 0.3) is 0 Å². The standard InChI is InChI=1S/C14H14F3N3O/c1-13(18,14(15,16)17)12(21)20-8-10-5-2-4-9-6-3-7-19-11(9)10/h2-7H,8,18H2,1H3,(H,20,21). The van der Waals surface area contributed by atoms with E-state index in [9.17, 15) is 18.0 Å². The second-order valence-electron chi connectivity index (χ2n) is 4.88. The summed E-state index contributed by atoms with van der Waals surface area (Å²) in [5.41, 5.74) is 3.39. The Morgan fingerprint density at radius 1 is 1.29 bits per heavy atom. The highest BCUT2D eigenvalue weighted by atomic mass is 19.4. The molecule has 0 fully saturated rings. The molecule has 3 N–H and O–H groups in total. The van der Waals surface area contributed by atoms with Crippen LogP contribution >= 0.6 is 0 Å². The molecule has 0 saturated carbocycles. The van der Waals surface area contributed by atoms with E-state index in [0.29, 0.717) is 18.0 Å². The number of hydrogen-bond acceptors (Lipinski definition) is 3. The normalized spacial score (nSPS) is 14.7. The van der Waals surface area contributed by atoms with Gasteiger partial charge in [0.1, 0.15) is 0 Å². The molecule has 7 heteroatoms. The first kappa shape index (κ1) is 15.2. The van der Waals surface area contributed by atoms with Gasteiger partial charge in [0.05, 0.1) is 5.52 Å². The van der Waals surface area contributed by atoms with Gasteiger partial charge in [0.15, 0.2) is 5.54 Å². The molecular formula is C14H14F3N3O. The number of carbonyl (C=O) groups is 1. The minimum absolute atomic E-state index is 0.0734. The fraction of sp³-hybridized carbons (Fsp3) is 0.286. The second kappa shape index (κ2) is 5.33. The molecule has 1 heterocycles. The second-order valence-corrected chi connectivity index (χ2v) is 4.88. The van der Waals surface area contributed by atoms with E-state index in [2.05, 4.69) is 10.3 Å². The number of rotatable bonds is 3. The Kier molecular flexibility index (Phi) is 3.87. The number of benzene rings is 1. The van der Waals surface area contributed by atoms with E-state index in [4.69, 9.17) is 5.73 Å². The summed E-state index contributed by atoms with van der Waals surface area (Å²) >= 11 is 0. The monoisotopic (exact) mass is 297 g/mol. The van der Waals surface area contributed by atoms with E-state index in [1.807, 2.05) is 12.1 Å². The Morgan fingerprint density at radius 3 is 2.62 bits per heavy atom. The summed E-state index contributed by atoms with van der Waals surface area (Å²) in [6.45, 7) is 0.569. The van der Waals surface area contributed by atoms with Crippen molar-refractivity contribution in [1.82, 2.24) is 10.3 Å². The van der Waals surface area contributed by atoms with Crippen molar-refractivity contribution < 1.29 is 18.0 Å². The van der Waals surface area contributed by atoms with Crippen LogP contribution in [0.2, 0.25) is 0 Å². The van der Waals surface area contributed by atoms with Gasteiger partial charge >= 0.3 is 6.18 Å². The van der Waals surface area contributed by atoms with Crippen molar-refractivity contribution in [3.8, 4) is 0 Å². The van der Waals surface area contributed by atoms with Crippen molar-refractivity contribution in [1.29, 1.82) is 0 Å². The molecule has 1 unspecified atom stereocenters. The molecule has 112 valence electrons. The Hall–Kier alpha value is -2.15. The first-order chi connectivity index (χ1) is 9.73. The van der Waals surface area contributed by atoms with Crippen molar-refractivity contribution in [2.24, 2.45) is 5.73 Å². The predicted octanol–water partition coefficient (Wildman–Crippen LogP) is 2.13. The number of pyridine rings is 1. The Morgan fingerprint density at radius 2 is 1.95 bits per heavy atom. The topological polar surface area (TPSA) is 68.0 Å². The van der Waals surface area contributed by atoms with Crippen LogP contribution in [0.15, 0.2) is 36.5 Å². The highest BCUT2D eigenvalue weighted by molar-refractivity contribution is 5.87. The number of halogens is 3. The van der Waals surface area contributed by atoms with Crippen LogP contribution in [0.25, 0.3) is 10.9 Å². The van der Waals surface area contributed by atoms with E-state index >= 15 is 0 Å². The number of nitrogens with zero attached hydrogens (tertiary/aromatic N) is 1. The van der Waals surface area contributed by atoms with Gasteiger partial charge < -0.3 is 11.1 Å². The summed E-state index contributed by atoms with van der Waals surface area (Å²) in [5.74, 6) is -1.28. The number of nitrogens with one attached hydrogen (secondary N) is 1. The van der Waals surface area contributed by atoms with Crippen LogP contribution in [0.5, 0.6) is 0 Å². The van der Waals surface area contributed by atoms with Crippen LogP contribution in [0.4, 0.5) is 13.2 Å². The molecule has 1 aromatic heterocycles. The Labute approximate surface area is 119 Å². The van der Waals surface area contributed by atoms with Gasteiger partial charge in [-0.1, -0.05) is 24.3 Å². The molecule has 0 saturated heterocycles. The van der Waals surface area contributed by atoms with Gasteiger partial charge in [-0.25, -0.2) is 0 Å². The van der Waals surface area contributed by atoms with Crippen LogP contribution < -0.4 is 11.1 Å². The molecule has 0 aliphatic carbocycles. The lowest BCUT2D eigenvalue weighted by molar-refractivity contribution is -0.187. The third-order valence-electron chi connectivity index (χ3n) is 3.22. The van der Waals surface area contributed by atoms with Gasteiger partial charge in [0.2, 0.25) is 5.91 Å². The van der Waals surface area contributed by atoms with Crippen molar-refractivity contribution in [2.45, 2.75) is 25.2 Å². The molecule has 0 aliphatic heterocycles. The number of para-hydroxylation sites is 1. The van der Waals surface area contributed by atoms with Crippen LogP contribution in [-0.4, -0.2) is 22.6 Å². The molecule has 1 aromatic carbocycles. The highest BCUT2D eigenvalue weighted by Gasteiger charge is 2.53. The van der Waals surface area contributed by atoms with Gasteiger partial charge in [-0.05, 0) is 18.6 Å². The van der Waals surface area contributed by atoms with Crippen molar-refractivity contribution >= 4 is 16.8 Å². The summed E-state index contributed by atoms with van der Waals surface area (Å²) in [4.78, 5) is 15.8. The van der Waals surface area contributed by atoms with Crippen LogP contribution in [0.3, 0.4) is 0 Å². The van der Waals surface area contributed by atoms with E-state index in [-0.39, 0.29) is 6.54 Å². The van der Waals surface area contributed by atoms with E-state index in [0.717, 1.165) is 5.39 Å². The lowest BCUT2D eigenvalue weighted by Gasteiger charge is -2.26. The fourth-order valence-electron chi connectivity index (χ4n) is 1.80. The number of alkyl halides is 3. The fourth-order valence-corrected chi connectivity index (χ4v) is 1.80. The maximum absolute atomic E-state index is 12.7. The summed E-state index contributed by atoms with van der Waals surface area (Å²) in [6, 6.07) is 8.85. The highest BCUT2D eigenvalue weighted by Crippen LogP contribution is 2.28. The molecule has 1 atom stereocenters. The van der Waals surface area contributed by atoms with Gasteiger partial charge in [-0.3, -0.25) is 9.78 Å². The molecule has 0 bridgehead atoms. The van der Waals surface area contributed by atoms with Crippen molar-refractivity contribution in [3.63, 3.8) is 0 Å². The third-order valence-corrected chi connectivity index (χ3v) is 3.22. The van der Waals surface area contributed by atoms with Crippen molar-refractivity contribution in [2.75, 3.05) is 0 Å². The van der Waals surface area contributed by atoms with E-state index in [1.165, 1.54) is 0 Å². The van der Waals surface area contributed by atoms with Crippen LogP contribution in [-0.2, 0) is 11.3 Å². The zero-order valence-electron chi connectivity index (χ0n) is 11.2. The SMILES string of the molecule is CC(N)(C(=O)NCc1cccc2cccnc12)C(F)(F)F. The molecule has 4 nitrogen and oxygen atoms in total. The molecule has 2 rings (SSSR count). The Balaban J connectivity index is 2.18. The first-order valence-corrected chi connectivity index (χ1v) is 6.20. The smallest absolute Gasteiger partial charge is 0.350 e. The van der Waals surface area contributed by atoms with Crippen molar-refractivity contribution in [3.05, 3.63) is 42.1 Å². The third kappa shape index (κ3) is 2.97. The van der Waals surface area contributed by atoms with E-state index in [1.54, 1.807) is 24.4 Å². The molecule has 0 aliphatic rings. The Bertz CT molecular complexity index is 663. The summed E-state index contributed by atoms with van der Waals surface area (Å²) in [6.07, 6.45) is -3.23. The largest absolute Gasteiger partial charge is 0.415 e. The molecular weight excluding hydrogens is 283 g/mol. The molecule has 1 amide bonds. The number of hydrogen-bond donors (Lipinski definition) is 2. The maximum Gasteiger partial charge on any atom is 0.415 e. The summed E-state index contributed by atoms with van der Waals surface area (Å²) < 4.78 is 38.0. The zero-order chi connectivity index (χ0) is 15.7. The van der Waals surface area contributed by atoms with Gasteiger partial charge in [-0.2, -0.15) is 13.2 Å². The average Bonchev–Trinajstić information content (AvgIpc) is 2.43. The predicted molar refractivity (Wildman–Crippen MR) is 72.2 cm³/mol. The van der Waals surface area contributed by atoms with Gasteiger partial charge in [-0.15, -0.1) is 0 Å².